The molecule has 0 bridgehead atoms. The van der Waals surface area contributed by atoms with Gasteiger partial charge in [0.25, 0.3) is 23.4 Å². The number of benzene rings is 4. The predicted molar refractivity (Wildman–Crippen MR) is 143 cm³/mol. The van der Waals surface area contributed by atoms with Gasteiger partial charge in [-0.1, -0.05) is 23.7 Å². The maximum atomic E-state index is 13.3. The molecule has 4 aromatic rings. The van der Waals surface area contributed by atoms with Gasteiger partial charge in [0, 0.05) is 33.3 Å². The Morgan fingerprint density at radius 3 is 2.33 bits per heavy atom. The Kier molecular flexibility index (Phi) is 6.55. The molecule has 0 atom stereocenters. The lowest BCUT2D eigenvalue weighted by atomic mass is 9.92. The first kappa shape index (κ1) is 25.6. The number of anilines is 2. The summed E-state index contributed by atoms with van der Waals surface area (Å²) in [5.41, 5.74) is 1.69. The molecule has 1 N–H and O–H groups in total. The Labute approximate surface area is 225 Å². The molecule has 0 saturated heterocycles. The Balaban J connectivity index is 1.31. The van der Waals surface area contributed by atoms with E-state index in [4.69, 9.17) is 16.3 Å². The van der Waals surface area contributed by atoms with Gasteiger partial charge in [-0.05, 0) is 67.1 Å². The number of ether oxygens (including phenoxy) is 1. The van der Waals surface area contributed by atoms with Crippen molar-refractivity contribution in [2.45, 2.75) is 6.92 Å². The van der Waals surface area contributed by atoms with E-state index in [1.165, 1.54) is 54.6 Å². The van der Waals surface area contributed by atoms with Crippen LogP contribution in [0.1, 0.15) is 36.6 Å². The minimum atomic E-state index is -0.780. The molecule has 1 heterocycles. The number of nitrogens with one attached hydrogen (secondary N) is 1. The zero-order valence-corrected chi connectivity index (χ0v) is 21.0. The number of nitro benzene ring substituents is 1. The first-order chi connectivity index (χ1) is 18.7. The van der Waals surface area contributed by atoms with Gasteiger partial charge >= 0.3 is 5.97 Å². The smallest absolute Gasteiger partial charge is 0.338 e. The number of carbonyl (C=O) groups is 4. The largest absolute Gasteiger partial charge is 0.452 e. The molecule has 39 heavy (non-hydrogen) atoms. The van der Waals surface area contributed by atoms with E-state index >= 15 is 0 Å². The number of imide groups is 1. The van der Waals surface area contributed by atoms with Crippen LogP contribution < -0.4 is 10.2 Å². The molecule has 3 amide bonds. The normalized spacial score (nSPS) is 12.4. The predicted octanol–water partition coefficient (Wildman–Crippen LogP) is 5.31. The van der Waals surface area contributed by atoms with E-state index in [9.17, 15) is 29.3 Å². The SMILES string of the molecule is Cc1ccc(NC(=O)COC(=O)c2ccc(N3C(=O)c4cccc5c([N+](=O)[O-])ccc(c45)C3=O)cc2)cc1Cl. The third-order valence-electron chi connectivity index (χ3n) is 6.23. The molecule has 10 nitrogen and oxygen atoms in total. The fourth-order valence-electron chi connectivity index (χ4n) is 4.30. The quantitative estimate of drug-likeness (QED) is 0.151. The number of non-ortho nitro benzene ring substituents is 1. The summed E-state index contributed by atoms with van der Waals surface area (Å²) in [5.74, 6) is -2.64. The number of carbonyl (C=O) groups excluding carboxylic acids is 4. The number of nitro groups is 1. The van der Waals surface area contributed by atoms with Crippen LogP contribution in [0.25, 0.3) is 10.8 Å². The second kappa shape index (κ2) is 9.99. The second-order valence-corrected chi connectivity index (χ2v) is 9.11. The molecular formula is C28H18ClN3O7. The van der Waals surface area contributed by atoms with Gasteiger partial charge in [-0.15, -0.1) is 0 Å². The summed E-state index contributed by atoms with van der Waals surface area (Å²) in [7, 11) is 0. The molecular weight excluding hydrogens is 526 g/mol. The molecule has 0 fully saturated rings. The summed E-state index contributed by atoms with van der Waals surface area (Å²) < 4.78 is 5.07. The highest BCUT2D eigenvalue weighted by Gasteiger charge is 2.35. The fourth-order valence-corrected chi connectivity index (χ4v) is 4.48. The molecule has 0 unspecified atom stereocenters. The summed E-state index contributed by atoms with van der Waals surface area (Å²) in [4.78, 5) is 63.0. The Hall–Kier alpha value is -5.09. The summed E-state index contributed by atoms with van der Waals surface area (Å²) in [6.07, 6.45) is 0. The standard InChI is InChI=1S/C28H18ClN3O7/c1-15-5-8-17(13-22(15)29)30-24(33)14-39-28(36)16-6-9-18(10-7-16)31-26(34)20-4-2-3-19-23(32(37)38)12-11-21(25(19)20)27(31)35/h2-13H,14H2,1H3,(H,30,33). The van der Waals surface area contributed by atoms with Gasteiger partial charge in [0.15, 0.2) is 6.61 Å². The zero-order chi connectivity index (χ0) is 27.8. The molecule has 0 aliphatic carbocycles. The monoisotopic (exact) mass is 543 g/mol. The zero-order valence-electron chi connectivity index (χ0n) is 20.3. The number of amides is 3. The molecule has 1 aliphatic rings. The van der Waals surface area contributed by atoms with Crippen LogP contribution in [-0.2, 0) is 9.53 Å². The lowest BCUT2D eigenvalue weighted by Gasteiger charge is -2.27. The van der Waals surface area contributed by atoms with E-state index in [0.717, 1.165) is 10.5 Å². The highest BCUT2D eigenvalue weighted by molar-refractivity contribution is 6.36. The van der Waals surface area contributed by atoms with Crippen molar-refractivity contribution in [2.75, 3.05) is 16.8 Å². The van der Waals surface area contributed by atoms with Crippen molar-refractivity contribution in [2.24, 2.45) is 0 Å². The van der Waals surface area contributed by atoms with Gasteiger partial charge in [-0.3, -0.25) is 24.5 Å². The van der Waals surface area contributed by atoms with Crippen molar-refractivity contribution >= 4 is 63.1 Å². The minimum absolute atomic E-state index is 0.0972. The van der Waals surface area contributed by atoms with E-state index in [1.54, 1.807) is 18.2 Å². The molecule has 0 spiro atoms. The average molecular weight is 544 g/mol. The van der Waals surface area contributed by atoms with Crippen LogP contribution in [0.15, 0.2) is 72.8 Å². The van der Waals surface area contributed by atoms with E-state index in [1.807, 2.05) is 6.92 Å². The number of aryl methyl sites for hydroxylation is 1. The number of halogens is 1. The van der Waals surface area contributed by atoms with Gasteiger partial charge in [0.1, 0.15) is 0 Å². The van der Waals surface area contributed by atoms with Crippen molar-refractivity contribution in [3.05, 3.63) is 110 Å². The lowest BCUT2D eigenvalue weighted by molar-refractivity contribution is -0.383. The van der Waals surface area contributed by atoms with Gasteiger partial charge in [0.05, 0.1) is 21.6 Å². The highest BCUT2D eigenvalue weighted by Crippen LogP contribution is 2.37. The summed E-state index contributed by atoms with van der Waals surface area (Å²) >= 11 is 6.05. The number of hydrogen-bond acceptors (Lipinski definition) is 7. The maximum Gasteiger partial charge on any atom is 0.338 e. The first-order valence-corrected chi connectivity index (χ1v) is 12.0. The molecule has 0 radical (unpaired) electrons. The van der Waals surface area contributed by atoms with Crippen molar-refractivity contribution in [3.8, 4) is 0 Å². The van der Waals surface area contributed by atoms with Crippen molar-refractivity contribution < 1.29 is 28.8 Å². The topological polar surface area (TPSA) is 136 Å². The molecule has 0 aromatic heterocycles. The summed E-state index contributed by atoms with van der Waals surface area (Å²) in [6.45, 7) is 1.29. The van der Waals surface area contributed by atoms with Gasteiger partial charge < -0.3 is 10.1 Å². The van der Waals surface area contributed by atoms with E-state index in [0.29, 0.717) is 10.7 Å². The van der Waals surface area contributed by atoms with Crippen LogP contribution in [0.5, 0.6) is 0 Å². The second-order valence-electron chi connectivity index (χ2n) is 8.70. The van der Waals surface area contributed by atoms with Crippen molar-refractivity contribution in [3.63, 3.8) is 0 Å². The number of rotatable bonds is 6. The Bertz CT molecular complexity index is 1690. The number of hydrogen-bond donors (Lipinski definition) is 1. The van der Waals surface area contributed by atoms with Crippen LogP contribution >= 0.6 is 11.6 Å². The third kappa shape index (κ3) is 4.69. The van der Waals surface area contributed by atoms with Crippen LogP contribution in [0.2, 0.25) is 5.02 Å². The van der Waals surface area contributed by atoms with E-state index in [-0.39, 0.29) is 38.8 Å². The minimum Gasteiger partial charge on any atom is -0.452 e. The third-order valence-corrected chi connectivity index (χ3v) is 6.64. The first-order valence-electron chi connectivity index (χ1n) is 11.6. The van der Waals surface area contributed by atoms with Crippen LogP contribution in [-0.4, -0.2) is 35.2 Å². The summed E-state index contributed by atoms with van der Waals surface area (Å²) in [5, 5.41) is 14.9. The maximum absolute atomic E-state index is 13.3. The lowest BCUT2D eigenvalue weighted by Crippen LogP contribution is -2.40. The molecule has 11 heteroatoms. The highest BCUT2D eigenvalue weighted by atomic mass is 35.5. The molecule has 0 saturated carbocycles. The van der Waals surface area contributed by atoms with Crippen molar-refractivity contribution in [1.29, 1.82) is 0 Å². The average Bonchev–Trinajstić information content (AvgIpc) is 2.92. The van der Waals surface area contributed by atoms with E-state index in [2.05, 4.69) is 5.32 Å². The molecule has 4 aromatic carbocycles. The van der Waals surface area contributed by atoms with Crippen LogP contribution in [0.4, 0.5) is 17.1 Å². The fraction of sp³-hybridized carbons (Fsp3) is 0.0714. The number of nitrogens with zero attached hydrogens (tertiary/aromatic N) is 2. The molecule has 5 rings (SSSR count). The summed E-state index contributed by atoms with van der Waals surface area (Å²) in [6, 6.07) is 17.6. The van der Waals surface area contributed by atoms with Gasteiger partial charge in [0.2, 0.25) is 0 Å². The van der Waals surface area contributed by atoms with Gasteiger partial charge in [-0.2, -0.15) is 0 Å². The van der Waals surface area contributed by atoms with Crippen LogP contribution in [0, 0.1) is 17.0 Å². The number of esters is 1. The molecule has 1 aliphatic heterocycles. The molecule has 194 valence electrons. The van der Waals surface area contributed by atoms with Gasteiger partial charge in [-0.25, -0.2) is 9.69 Å². The Morgan fingerprint density at radius 1 is 0.974 bits per heavy atom. The van der Waals surface area contributed by atoms with Crippen LogP contribution in [0.3, 0.4) is 0 Å². The Morgan fingerprint density at radius 2 is 1.67 bits per heavy atom. The van der Waals surface area contributed by atoms with Crippen molar-refractivity contribution in [1.82, 2.24) is 0 Å². The van der Waals surface area contributed by atoms with E-state index < -0.39 is 35.2 Å².